The van der Waals surface area contributed by atoms with E-state index in [2.05, 4.69) is 63.8 Å². The molecule has 3 saturated heterocycles. The molecule has 3 aliphatic heterocycles. The Hall–Kier alpha value is -6.90. The number of nitrogens with one attached hydrogen (secondary N) is 12. The minimum atomic E-state index is -1.50. The van der Waals surface area contributed by atoms with E-state index in [9.17, 15) is 58.2 Å². The molecule has 2 bridgehead atoms. The molecule has 87 heavy (non-hydrogen) atoms. The van der Waals surface area contributed by atoms with Gasteiger partial charge in [0.2, 0.25) is 23.6 Å². The fraction of sp³-hybridized carbons (Fsp3) is 0.645. The minimum Gasteiger partial charge on any atom is -0.481 e. The largest absolute Gasteiger partial charge is 0.481 e. The van der Waals surface area contributed by atoms with Crippen molar-refractivity contribution < 1.29 is 63.3 Å². The Morgan fingerprint density at radius 2 is 0.920 bits per heavy atom. The van der Waals surface area contributed by atoms with Gasteiger partial charge in [0.15, 0.2) is 5.78 Å². The lowest BCUT2D eigenvalue weighted by atomic mass is 9.89. The van der Waals surface area contributed by atoms with Gasteiger partial charge in [0.05, 0.1) is 17.1 Å². The van der Waals surface area contributed by atoms with E-state index in [4.69, 9.17) is 5.11 Å². The maximum Gasteiger partial charge on any atom is 0.326 e. The number of rotatable bonds is 37. The molecule has 2 aromatic carbocycles. The van der Waals surface area contributed by atoms with Crippen LogP contribution in [0.5, 0.6) is 0 Å². The summed E-state index contributed by atoms with van der Waals surface area (Å²) in [6.45, 7) is 9.19. The highest BCUT2D eigenvalue weighted by Crippen LogP contribution is 2.18. The summed E-state index contributed by atoms with van der Waals surface area (Å²) in [5, 5.41) is 65.7. The van der Waals surface area contributed by atoms with E-state index >= 15 is 0 Å². The van der Waals surface area contributed by atoms with Gasteiger partial charge in [-0.3, -0.25) is 33.6 Å². The fourth-order valence-corrected chi connectivity index (χ4v) is 10.6. The molecule has 3 heterocycles. The number of carbonyl (C=O) groups excluding carboxylic acids is 7. The molecule has 0 aromatic heterocycles. The van der Waals surface area contributed by atoms with Crippen LogP contribution in [-0.2, 0) is 56.0 Å². The normalized spacial score (nSPS) is 19.0. The van der Waals surface area contributed by atoms with Gasteiger partial charge in [-0.05, 0) is 62.5 Å². The molecule has 4 atom stereocenters. The van der Waals surface area contributed by atoms with Crippen LogP contribution < -0.4 is 63.8 Å². The first-order chi connectivity index (χ1) is 41.9. The van der Waals surface area contributed by atoms with Crippen LogP contribution in [0.25, 0.3) is 0 Å². The molecule has 484 valence electrons. The average molecular weight is 1220 g/mol. The Morgan fingerprint density at radius 1 is 0.471 bits per heavy atom. The third kappa shape index (κ3) is 30.5. The van der Waals surface area contributed by atoms with Gasteiger partial charge in [0.1, 0.15) is 17.9 Å². The van der Waals surface area contributed by atoms with Gasteiger partial charge >= 0.3 is 23.9 Å². The van der Waals surface area contributed by atoms with Crippen molar-refractivity contribution in [2.45, 2.75) is 165 Å². The number of benzene rings is 2. The third-order valence-electron chi connectivity index (χ3n) is 15.5. The average Bonchev–Trinajstić information content (AvgIpc) is 3.67. The molecule has 6 amide bonds. The lowest BCUT2D eigenvalue weighted by Crippen LogP contribution is -2.68. The Labute approximate surface area is 511 Å². The molecule has 2 aromatic rings. The van der Waals surface area contributed by atoms with Crippen molar-refractivity contribution in [2.75, 3.05) is 85.1 Å². The summed E-state index contributed by atoms with van der Waals surface area (Å²) in [6, 6.07) is 14.1. The minimum absolute atomic E-state index is 0.00590. The number of hydrogen-bond donors (Lipinski definition) is 15. The van der Waals surface area contributed by atoms with Crippen molar-refractivity contribution in [3.8, 4) is 0 Å². The first-order valence-corrected chi connectivity index (χ1v) is 31.2. The molecular weight excluding hydrogens is 1120 g/mol. The predicted molar refractivity (Wildman–Crippen MR) is 329 cm³/mol. The van der Waals surface area contributed by atoms with Gasteiger partial charge < -0.3 is 79.1 Å². The van der Waals surface area contributed by atoms with E-state index in [0.29, 0.717) is 143 Å². The Bertz CT molecular complexity index is 2410. The first kappa shape index (κ1) is 72.6. The van der Waals surface area contributed by atoms with Crippen LogP contribution in [0.15, 0.2) is 60.7 Å². The molecule has 3 fully saturated rings. The second-order valence-electron chi connectivity index (χ2n) is 23.1. The zero-order valence-corrected chi connectivity index (χ0v) is 50.8. The van der Waals surface area contributed by atoms with Gasteiger partial charge in [0, 0.05) is 136 Å². The van der Waals surface area contributed by atoms with Crippen LogP contribution in [0.3, 0.4) is 0 Å². The third-order valence-corrected chi connectivity index (χ3v) is 15.5. The summed E-state index contributed by atoms with van der Waals surface area (Å²) in [7, 11) is 0. The molecule has 0 saturated carbocycles. The molecule has 0 aliphatic carbocycles. The van der Waals surface area contributed by atoms with Crippen molar-refractivity contribution in [3.63, 3.8) is 0 Å². The van der Waals surface area contributed by atoms with Crippen LogP contribution in [0.2, 0.25) is 0 Å². The van der Waals surface area contributed by atoms with Gasteiger partial charge in [-0.15, -0.1) is 0 Å². The van der Waals surface area contributed by atoms with Gasteiger partial charge in [-0.1, -0.05) is 99.7 Å². The van der Waals surface area contributed by atoms with E-state index in [1.807, 2.05) is 67.6 Å². The fourth-order valence-electron chi connectivity index (χ4n) is 10.6. The van der Waals surface area contributed by atoms with Crippen LogP contribution in [0.1, 0.15) is 134 Å². The highest BCUT2D eigenvalue weighted by molar-refractivity contribution is 5.93. The van der Waals surface area contributed by atoms with E-state index in [1.165, 1.54) is 0 Å². The van der Waals surface area contributed by atoms with Crippen molar-refractivity contribution in [1.29, 1.82) is 0 Å². The molecule has 25 nitrogen and oxygen atoms in total. The number of fused-ring (bicyclic) bond motifs is 15. The number of carboxylic acids is 3. The molecule has 5 rings (SSSR count). The molecule has 4 unspecified atom stereocenters. The summed E-state index contributed by atoms with van der Waals surface area (Å²) >= 11 is 0. The molecular formula is C62H98N12O13. The smallest absolute Gasteiger partial charge is 0.326 e. The van der Waals surface area contributed by atoms with Gasteiger partial charge in [-0.25, -0.2) is 14.4 Å². The predicted octanol–water partition coefficient (Wildman–Crippen LogP) is 1.43. The maximum atomic E-state index is 14.4. The summed E-state index contributed by atoms with van der Waals surface area (Å²) in [5.41, 5.74) is 0.525. The first-order valence-electron chi connectivity index (χ1n) is 31.2. The van der Waals surface area contributed by atoms with Crippen LogP contribution >= 0.6 is 0 Å². The van der Waals surface area contributed by atoms with E-state index in [0.717, 1.165) is 30.4 Å². The number of ketones is 2. The molecule has 3 aliphatic rings. The van der Waals surface area contributed by atoms with Gasteiger partial charge in [-0.2, -0.15) is 0 Å². The van der Waals surface area contributed by atoms with Crippen LogP contribution in [-0.4, -0.2) is 189 Å². The number of aliphatic carboxylic acids is 3. The van der Waals surface area contributed by atoms with Crippen LogP contribution in [0, 0.1) is 5.92 Å². The molecule has 0 spiro atoms. The molecule has 0 radical (unpaired) electrons. The Morgan fingerprint density at radius 3 is 1.41 bits per heavy atom. The highest BCUT2D eigenvalue weighted by Gasteiger charge is 2.35. The standard InChI is InChI=1S/C62H98N12O13/c1-2-53(77)73-61-39-63-30-33-66-42-62(43-67-34-31-64-40-61,44-68-35-32-65-41-61)74-55(79)26-17-25-54(78)70-51(37-46-20-11-7-12-21-46)52(76)38-47(36-45-18-9-6-10-19-45)57(82)69-29-16-5-3-4-13-22-48(75)23-14-8-15-24-49(58(83)84)71-60(87)72-50(59(85)86)27-28-56(80)81/h6-7,9-12,18-21,47,49-51,63-68H,2-5,8,13-17,22-44H2,1H3,(H,69,82)(H,70,78)(H,73,77)(H,74,79)(H,80,81)(H,83,84)(H,85,86)(H2,71,72,87). The lowest BCUT2D eigenvalue weighted by molar-refractivity contribution is -0.141. The second-order valence-corrected chi connectivity index (χ2v) is 23.1. The van der Waals surface area contributed by atoms with Crippen LogP contribution in [0.4, 0.5) is 4.79 Å². The maximum absolute atomic E-state index is 14.4. The number of amides is 6. The summed E-state index contributed by atoms with van der Waals surface area (Å²) in [6.07, 6.45) is 6.39. The van der Waals surface area contributed by atoms with Crippen molar-refractivity contribution in [1.82, 2.24) is 63.8 Å². The quantitative estimate of drug-likeness (QED) is 0.0426. The number of hydrogen-bond acceptors (Lipinski definition) is 16. The van der Waals surface area contributed by atoms with Gasteiger partial charge in [0.25, 0.3) is 0 Å². The van der Waals surface area contributed by atoms with E-state index in [-0.39, 0.29) is 80.1 Å². The lowest BCUT2D eigenvalue weighted by Gasteiger charge is -2.39. The summed E-state index contributed by atoms with van der Waals surface area (Å²) < 4.78 is 0. The number of unbranched alkanes of at least 4 members (excludes halogenated alkanes) is 6. The highest BCUT2D eigenvalue weighted by atomic mass is 16.4. The number of Topliss-reactive ketones (excluding diaryl/α,β-unsaturated/α-hetero) is 2. The Balaban J connectivity index is 1.22. The monoisotopic (exact) mass is 1220 g/mol. The van der Waals surface area contributed by atoms with E-state index in [1.54, 1.807) is 0 Å². The molecule has 25 heteroatoms. The topological polar surface area (TPSA) is 376 Å². The number of carbonyl (C=O) groups is 10. The molecule has 15 N–H and O–H groups in total. The SMILES string of the molecule is CCC(=O)NC12CNCCNCC(NC(=O)CCCC(=O)NC(Cc3ccccc3)C(=O)CC(Cc3ccccc3)C(=O)NCCCCCCCC(=O)CCCCCC(NC(=O)NC(CCC(=O)O)C(=O)O)C(=O)O)(CNCCNC1)CNCCNC2. The zero-order valence-electron chi connectivity index (χ0n) is 50.8. The number of carboxylic acid groups (broad SMARTS) is 3. The van der Waals surface area contributed by atoms with Crippen molar-refractivity contribution in [3.05, 3.63) is 71.8 Å². The zero-order chi connectivity index (χ0) is 63.1. The Kier molecular flexibility index (Phi) is 34.4. The van der Waals surface area contributed by atoms with Crippen molar-refractivity contribution >= 4 is 59.1 Å². The number of urea groups is 1. The second kappa shape index (κ2) is 41.3. The van der Waals surface area contributed by atoms with E-state index < -0.39 is 65.5 Å². The summed E-state index contributed by atoms with van der Waals surface area (Å²) in [5.74, 6) is -5.73. The summed E-state index contributed by atoms with van der Waals surface area (Å²) in [4.78, 5) is 127. The van der Waals surface area contributed by atoms with Crippen molar-refractivity contribution in [2.24, 2.45) is 5.92 Å².